The van der Waals surface area contributed by atoms with Crippen LogP contribution in [0.1, 0.15) is 15.9 Å². The maximum absolute atomic E-state index is 11.8. The number of esters is 1. The summed E-state index contributed by atoms with van der Waals surface area (Å²) in [6.07, 6.45) is 0.783. The molecule has 0 atom stereocenters. The second-order valence-electron chi connectivity index (χ2n) is 4.23. The highest BCUT2D eigenvalue weighted by molar-refractivity contribution is 5.97. The summed E-state index contributed by atoms with van der Waals surface area (Å²) in [5.74, 6) is -0.321. The van der Waals surface area contributed by atoms with Crippen LogP contribution in [0.2, 0.25) is 0 Å². The second kappa shape index (κ2) is 6.16. The van der Waals surface area contributed by atoms with Crippen LogP contribution in [0.15, 0.2) is 48.5 Å². The predicted octanol–water partition coefficient (Wildman–Crippen LogP) is 2.64. The number of methoxy groups -OCH3 is 1. The Bertz CT molecular complexity index is 578. The Hall–Kier alpha value is -2.13. The lowest BCUT2D eigenvalue weighted by molar-refractivity contribution is 0.0601. The molecule has 2 aromatic rings. The van der Waals surface area contributed by atoms with E-state index < -0.39 is 0 Å². The van der Waals surface area contributed by atoms with Gasteiger partial charge in [0, 0.05) is 0 Å². The molecule has 2 rings (SSSR count). The zero-order chi connectivity index (χ0) is 13.7. The molecule has 2 aromatic carbocycles. The molecule has 0 saturated heterocycles. The molecule has 0 bridgehead atoms. The van der Waals surface area contributed by atoms with Gasteiger partial charge in [-0.3, -0.25) is 0 Å². The van der Waals surface area contributed by atoms with Crippen LogP contribution in [0.5, 0.6) is 0 Å². The molecular weight excluding hydrogens is 238 g/mol. The summed E-state index contributed by atoms with van der Waals surface area (Å²) in [6.45, 7) is 0.581. The molecule has 98 valence electrons. The van der Waals surface area contributed by atoms with E-state index in [0.717, 1.165) is 23.1 Å². The van der Waals surface area contributed by atoms with Gasteiger partial charge in [0.2, 0.25) is 0 Å². The van der Waals surface area contributed by atoms with Crippen molar-refractivity contribution in [3.05, 3.63) is 59.7 Å². The Morgan fingerprint density at radius 3 is 2.37 bits per heavy atom. The van der Waals surface area contributed by atoms with Crippen LogP contribution in [-0.4, -0.2) is 19.6 Å². The molecule has 0 radical (unpaired) electrons. The number of rotatable bonds is 4. The molecule has 0 aliphatic carbocycles. The average Bonchev–Trinajstić information content (AvgIpc) is 2.47. The van der Waals surface area contributed by atoms with Gasteiger partial charge in [-0.1, -0.05) is 42.5 Å². The molecule has 0 heterocycles. The predicted molar refractivity (Wildman–Crippen MR) is 76.0 cm³/mol. The Labute approximate surface area is 113 Å². The van der Waals surface area contributed by atoms with Crippen molar-refractivity contribution in [2.75, 3.05) is 13.7 Å². The number of benzene rings is 2. The molecule has 0 unspecified atom stereocenters. The fraction of sp³-hybridized carbons (Fsp3) is 0.188. The van der Waals surface area contributed by atoms with Crippen molar-refractivity contribution in [1.82, 2.24) is 0 Å². The Balaban J connectivity index is 2.56. The minimum Gasteiger partial charge on any atom is -0.465 e. The summed E-state index contributed by atoms with van der Waals surface area (Å²) in [5.41, 5.74) is 9.28. The highest BCUT2D eigenvalue weighted by Gasteiger charge is 2.14. The van der Waals surface area contributed by atoms with Gasteiger partial charge in [-0.15, -0.1) is 0 Å². The van der Waals surface area contributed by atoms with E-state index in [-0.39, 0.29) is 5.97 Å². The number of nitrogens with two attached hydrogens (primary N) is 1. The summed E-state index contributed by atoms with van der Waals surface area (Å²) >= 11 is 0. The lowest BCUT2D eigenvalue weighted by atomic mass is 9.94. The molecule has 0 saturated carbocycles. The maximum atomic E-state index is 11.8. The second-order valence-corrected chi connectivity index (χ2v) is 4.23. The molecule has 0 aromatic heterocycles. The fourth-order valence-electron chi connectivity index (χ4n) is 2.16. The highest BCUT2D eigenvalue weighted by atomic mass is 16.5. The van der Waals surface area contributed by atoms with E-state index in [4.69, 9.17) is 10.5 Å². The van der Waals surface area contributed by atoms with Crippen LogP contribution in [0, 0.1) is 0 Å². The number of carbonyl (C=O) groups is 1. The van der Waals surface area contributed by atoms with E-state index in [1.165, 1.54) is 7.11 Å². The van der Waals surface area contributed by atoms with E-state index in [2.05, 4.69) is 0 Å². The largest absolute Gasteiger partial charge is 0.465 e. The Morgan fingerprint density at radius 2 is 1.68 bits per heavy atom. The van der Waals surface area contributed by atoms with Gasteiger partial charge in [0.1, 0.15) is 0 Å². The van der Waals surface area contributed by atoms with E-state index in [9.17, 15) is 4.79 Å². The monoisotopic (exact) mass is 255 g/mol. The van der Waals surface area contributed by atoms with Crippen LogP contribution < -0.4 is 5.73 Å². The van der Waals surface area contributed by atoms with Crippen molar-refractivity contribution in [3.63, 3.8) is 0 Å². The minimum atomic E-state index is -0.321. The maximum Gasteiger partial charge on any atom is 0.338 e. The summed E-state index contributed by atoms with van der Waals surface area (Å²) in [4.78, 5) is 11.8. The van der Waals surface area contributed by atoms with Crippen molar-refractivity contribution in [3.8, 4) is 11.1 Å². The van der Waals surface area contributed by atoms with Gasteiger partial charge in [-0.25, -0.2) is 4.79 Å². The normalized spacial score (nSPS) is 10.2. The molecule has 0 aliphatic rings. The van der Waals surface area contributed by atoms with Gasteiger partial charge < -0.3 is 10.5 Å². The molecule has 2 N–H and O–H groups in total. The first kappa shape index (κ1) is 13.3. The van der Waals surface area contributed by atoms with Gasteiger partial charge >= 0.3 is 5.97 Å². The van der Waals surface area contributed by atoms with Crippen LogP contribution >= 0.6 is 0 Å². The van der Waals surface area contributed by atoms with Crippen LogP contribution in [0.3, 0.4) is 0 Å². The molecule has 0 fully saturated rings. The van der Waals surface area contributed by atoms with E-state index in [1.807, 2.05) is 42.5 Å². The first-order chi connectivity index (χ1) is 9.27. The fourth-order valence-corrected chi connectivity index (χ4v) is 2.16. The Morgan fingerprint density at radius 1 is 1.05 bits per heavy atom. The van der Waals surface area contributed by atoms with Crippen molar-refractivity contribution in [2.45, 2.75) is 6.42 Å². The smallest absolute Gasteiger partial charge is 0.338 e. The third kappa shape index (κ3) is 2.83. The number of carbonyl (C=O) groups excluding carboxylic acids is 1. The molecule has 3 heteroatoms. The third-order valence-electron chi connectivity index (χ3n) is 3.05. The summed E-state index contributed by atoms with van der Waals surface area (Å²) in [5, 5.41) is 0. The van der Waals surface area contributed by atoms with Gasteiger partial charge in [-0.2, -0.15) is 0 Å². The van der Waals surface area contributed by atoms with Crippen molar-refractivity contribution >= 4 is 5.97 Å². The van der Waals surface area contributed by atoms with E-state index in [1.54, 1.807) is 6.07 Å². The van der Waals surface area contributed by atoms with Gasteiger partial charge in [0.25, 0.3) is 0 Å². The summed E-state index contributed by atoms with van der Waals surface area (Å²) in [7, 11) is 1.39. The number of hydrogen-bond acceptors (Lipinski definition) is 3. The van der Waals surface area contributed by atoms with Gasteiger partial charge in [-0.05, 0) is 35.7 Å². The molecular formula is C16H17NO2. The molecule has 0 spiro atoms. The molecule has 0 aliphatic heterocycles. The van der Waals surface area contributed by atoms with Crippen LogP contribution in [0.25, 0.3) is 11.1 Å². The topological polar surface area (TPSA) is 52.3 Å². The first-order valence-corrected chi connectivity index (χ1v) is 6.23. The lowest BCUT2D eigenvalue weighted by Gasteiger charge is -2.12. The van der Waals surface area contributed by atoms with Crippen molar-refractivity contribution in [1.29, 1.82) is 0 Å². The average molecular weight is 255 g/mol. The van der Waals surface area contributed by atoms with Gasteiger partial charge in [0.15, 0.2) is 0 Å². The lowest BCUT2D eigenvalue weighted by Crippen LogP contribution is -2.06. The quantitative estimate of drug-likeness (QED) is 0.854. The standard InChI is InChI=1S/C16H17NO2/c1-19-16(18)15-9-5-4-8-14(15)13-7-3-2-6-12(13)10-11-17/h2-9H,10-11,17H2,1H3. The van der Waals surface area contributed by atoms with E-state index in [0.29, 0.717) is 12.1 Å². The van der Waals surface area contributed by atoms with Crippen molar-refractivity contribution in [2.24, 2.45) is 5.73 Å². The number of hydrogen-bond donors (Lipinski definition) is 1. The summed E-state index contributed by atoms with van der Waals surface area (Å²) < 4.78 is 4.83. The minimum absolute atomic E-state index is 0.321. The third-order valence-corrected chi connectivity index (χ3v) is 3.05. The first-order valence-electron chi connectivity index (χ1n) is 6.23. The SMILES string of the molecule is COC(=O)c1ccccc1-c1ccccc1CCN. The zero-order valence-corrected chi connectivity index (χ0v) is 10.9. The van der Waals surface area contributed by atoms with Gasteiger partial charge in [0.05, 0.1) is 12.7 Å². The van der Waals surface area contributed by atoms with Crippen LogP contribution in [-0.2, 0) is 11.2 Å². The van der Waals surface area contributed by atoms with E-state index >= 15 is 0 Å². The van der Waals surface area contributed by atoms with Crippen LogP contribution in [0.4, 0.5) is 0 Å². The zero-order valence-electron chi connectivity index (χ0n) is 10.9. The van der Waals surface area contributed by atoms with Crippen molar-refractivity contribution < 1.29 is 9.53 Å². The highest BCUT2D eigenvalue weighted by Crippen LogP contribution is 2.27. The molecule has 19 heavy (non-hydrogen) atoms. The molecule has 3 nitrogen and oxygen atoms in total. The Kier molecular flexibility index (Phi) is 4.31. The summed E-state index contributed by atoms with van der Waals surface area (Å²) in [6, 6.07) is 15.5. The number of ether oxygens (including phenoxy) is 1. The molecule has 0 amide bonds.